The SMILES string of the molecule is c1ccc(-c2ccc(C(c3ccsc3)N3CCNCC3)cc2)cc1. The van der Waals surface area contributed by atoms with Crippen LogP contribution >= 0.6 is 11.3 Å². The van der Waals surface area contributed by atoms with Gasteiger partial charge in [-0.3, -0.25) is 4.90 Å². The number of hydrogen-bond acceptors (Lipinski definition) is 3. The van der Waals surface area contributed by atoms with Crippen molar-refractivity contribution >= 4 is 11.3 Å². The molecule has 4 rings (SSSR count). The summed E-state index contributed by atoms with van der Waals surface area (Å²) < 4.78 is 0. The van der Waals surface area contributed by atoms with Gasteiger partial charge in [0, 0.05) is 26.2 Å². The molecule has 1 unspecified atom stereocenters. The average molecular weight is 334 g/mol. The van der Waals surface area contributed by atoms with Gasteiger partial charge in [0.25, 0.3) is 0 Å². The highest BCUT2D eigenvalue weighted by molar-refractivity contribution is 7.08. The molecule has 3 heteroatoms. The fourth-order valence-electron chi connectivity index (χ4n) is 3.47. The second-order valence-electron chi connectivity index (χ2n) is 6.23. The normalized spacial score (nSPS) is 16.8. The highest BCUT2D eigenvalue weighted by Gasteiger charge is 2.24. The predicted molar refractivity (Wildman–Crippen MR) is 102 cm³/mol. The lowest BCUT2D eigenvalue weighted by Gasteiger charge is -2.35. The zero-order valence-electron chi connectivity index (χ0n) is 13.7. The van der Waals surface area contributed by atoms with E-state index in [9.17, 15) is 0 Å². The van der Waals surface area contributed by atoms with Gasteiger partial charge in [0.2, 0.25) is 0 Å². The van der Waals surface area contributed by atoms with Gasteiger partial charge in [-0.1, -0.05) is 54.6 Å². The van der Waals surface area contributed by atoms with Crippen molar-refractivity contribution in [3.05, 3.63) is 82.6 Å². The topological polar surface area (TPSA) is 15.3 Å². The Morgan fingerprint density at radius 3 is 2.17 bits per heavy atom. The molecule has 1 fully saturated rings. The summed E-state index contributed by atoms with van der Waals surface area (Å²) in [7, 11) is 0. The van der Waals surface area contributed by atoms with E-state index in [-0.39, 0.29) is 0 Å². The van der Waals surface area contributed by atoms with Crippen LogP contribution in [-0.2, 0) is 0 Å². The maximum Gasteiger partial charge on any atom is 0.0610 e. The molecule has 1 N–H and O–H groups in total. The van der Waals surface area contributed by atoms with Crippen LogP contribution in [0, 0.1) is 0 Å². The quantitative estimate of drug-likeness (QED) is 0.760. The summed E-state index contributed by atoms with van der Waals surface area (Å²) in [5.41, 5.74) is 5.35. The Balaban J connectivity index is 1.65. The van der Waals surface area contributed by atoms with Crippen molar-refractivity contribution in [2.24, 2.45) is 0 Å². The van der Waals surface area contributed by atoms with Gasteiger partial charge in [-0.05, 0) is 39.1 Å². The van der Waals surface area contributed by atoms with E-state index in [1.165, 1.54) is 22.3 Å². The van der Waals surface area contributed by atoms with Gasteiger partial charge < -0.3 is 5.32 Å². The molecule has 0 aliphatic carbocycles. The fraction of sp³-hybridized carbons (Fsp3) is 0.238. The van der Waals surface area contributed by atoms with E-state index in [0.717, 1.165) is 26.2 Å². The second-order valence-corrected chi connectivity index (χ2v) is 7.01. The molecule has 1 aliphatic rings. The first-order valence-corrected chi connectivity index (χ1v) is 9.48. The van der Waals surface area contributed by atoms with Crippen LogP contribution in [0.25, 0.3) is 11.1 Å². The molecule has 0 radical (unpaired) electrons. The van der Waals surface area contributed by atoms with E-state index in [4.69, 9.17) is 0 Å². The third kappa shape index (κ3) is 3.29. The number of thiophene rings is 1. The molecule has 0 bridgehead atoms. The Hall–Kier alpha value is -1.94. The summed E-state index contributed by atoms with van der Waals surface area (Å²) >= 11 is 1.78. The second kappa shape index (κ2) is 7.31. The Morgan fingerprint density at radius 2 is 1.50 bits per heavy atom. The van der Waals surface area contributed by atoms with Gasteiger partial charge in [-0.2, -0.15) is 11.3 Å². The van der Waals surface area contributed by atoms with Gasteiger partial charge >= 0.3 is 0 Å². The molecular formula is C21H22N2S. The Morgan fingerprint density at radius 1 is 0.792 bits per heavy atom. The highest BCUT2D eigenvalue weighted by atomic mass is 32.1. The number of hydrogen-bond donors (Lipinski definition) is 1. The van der Waals surface area contributed by atoms with Crippen molar-refractivity contribution in [1.29, 1.82) is 0 Å². The van der Waals surface area contributed by atoms with Crippen molar-refractivity contribution in [3.63, 3.8) is 0 Å². The molecule has 3 aromatic rings. The first-order valence-electron chi connectivity index (χ1n) is 8.54. The third-order valence-corrected chi connectivity index (χ3v) is 5.41. The monoisotopic (exact) mass is 334 g/mol. The van der Waals surface area contributed by atoms with Crippen LogP contribution < -0.4 is 5.32 Å². The van der Waals surface area contributed by atoms with Crippen LogP contribution in [0.2, 0.25) is 0 Å². The van der Waals surface area contributed by atoms with E-state index < -0.39 is 0 Å². The zero-order chi connectivity index (χ0) is 16.2. The standard InChI is InChI=1S/C21H22N2S/c1-2-4-17(5-3-1)18-6-8-19(9-7-18)21(20-10-15-24-16-20)23-13-11-22-12-14-23/h1-10,15-16,21-22H,11-14H2. The molecule has 2 nitrogen and oxygen atoms in total. The van der Waals surface area contributed by atoms with Crippen LogP contribution in [0.5, 0.6) is 0 Å². The van der Waals surface area contributed by atoms with Crippen LogP contribution in [0.4, 0.5) is 0 Å². The van der Waals surface area contributed by atoms with E-state index in [1.54, 1.807) is 11.3 Å². The van der Waals surface area contributed by atoms with Crippen molar-refractivity contribution in [2.75, 3.05) is 26.2 Å². The highest BCUT2D eigenvalue weighted by Crippen LogP contribution is 2.31. The Bertz CT molecular complexity index is 744. The van der Waals surface area contributed by atoms with E-state index in [0.29, 0.717) is 6.04 Å². The number of benzene rings is 2. The molecule has 1 aliphatic heterocycles. The minimum atomic E-state index is 0.364. The summed E-state index contributed by atoms with van der Waals surface area (Å²) in [6.07, 6.45) is 0. The zero-order valence-corrected chi connectivity index (χ0v) is 14.5. The van der Waals surface area contributed by atoms with E-state index >= 15 is 0 Å². The van der Waals surface area contributed by atoms with Crippen LogP contribution in [0.1, 0.15) is 17.2 Å². The summed E-state index contributed by atoms with van der Waals surface area (Å²) in [6, 6.07) is 22.3. The van der Waals surface area contributed by atoms with Crippen molar-refractivity contribution in [2.45, 2.75) is 6.04 Å². The fourth-order valence-corrected chi connectivity index (χ4v) is 4.15. The molecular weight excluding hydrogens is 312 g/mol. The van der Waals surface area contributed by atoms with Gasteiger partial charge in [0.05, 0.1) is 6.04 Å². The number of piperazine rings is 1. The lowest BCUT2D eigenvalue weighted by atomic mass is 9.96. The first-order chi connectivity index (χ1) is 11.9. The molecule has 1 aromatic heterocycles. The van der Waals surface area contributed by atoms with Gasteiger partial charge in [0.15, 0.2) is 0 Å². The van der Waals surface area contributed by atoms with Crippen molar-refractivity contribution < 1.29 is 0 Å². The van der Waals surface area contributed by atoms with Gasteiger partial charge in [-0.15, -0.1) is 0 Å². The largest absolute Gasteiger partial charge is 0.314 e. The molecule has 24 heavy (non-hydrogen) atoms. The number of nitrogens with zero attached hydrogens (tertiary/aromatic N) is 1. The molecule has 0 amide bonds. The molecule has 1 saturated heterocycles. The summed E-state index contributed by atoms with van der Waals surface area (Å²) in [5, 5.41) is 7.93. The van der Waals surface area contributed by atoms with Crippen LogP contribution in [0.15, 0.2) is 71.4 Å². The number of nitrogens with one attached hydrogen (secondary N) is 1. The summed E-state index contributed by atoms with van der Waals surface area (Å²) in [6.45, 7) is 4.34. The van der Waals surface area contributed by atoms with Gasteiger partial charge in [-0.25, -0.2) is 0 Å². The average Bonchev–Trinajstić information content (AvgIpc) is 3.18. The molecule has 2 heterocycles. The van der Waals surface area contributed by atoms with E-state index in [1.807, 2.05) is 0 Å². The van der Waals surface area contributed by atoms with Gasteiger partial charge in [0.1, 0.15) is 0 Å². The lowest BCUT2D eigenvalue weighted by Crippen LogP contribution is -2.45. The smallest absolute Gasteiger partial charge is 0.0610 e. The van der Waals surface area contributed by atoms with Crippen molar-refractivity contribution in [1.82, 2.24) is 10.2 Å². The summed E-state index contributed by atoms with van der Waals surface area (Å²) in [4.78, 5) is 2.59. The molecule has 1 atom stereocenters. The Labute approximate surface area is 147 Å². The van der Waals surface area contributed by atoms with E-state index in [2.05, 4.69) is 81.6 Å². The van der Waals surface area contributed by atoms with Crippen LogP contribution in [-0.4, -0.2) is 31.1 Å². The molecule has 0 spiro atoms. The third-order valence-electron chi connectivity index (χ3n) is 4.71. The molecule has 0 saturated carbocycles. The minimum Gasteiger partial charge on any atom is -0.314 e. The molecule has 122 valence electrons. The molecule has 2 aromatic carbocycles. The first kappa shape index (κ1) is 15.6. The number of rotatable bonds is 4. The van der Waals surface area contributed by atoms with Crippen LogP contribution in [0.3, 0.4) is 0 Å². The maximum atomic E-state index is 3.46. The van der Waals surface area contributed by atoms with Crippen molar-refractivity contribution in [3.8, 4) is 11.1 Å². The summed E-state index contributed by atoms with van der Waals surface area (Å²) in [5.74, 6) is 0. The minimum absolute atomic E-state index is 0.364. The Kier molecular flexibility index (Phi) is 4.74. The lowest BCUT2D eigenvalue weighted by molar-refractivity contribution is 0.199. The predicted octanol–water partition coefficient (Wildman–Crippen LogP) is 4.41. The maximum absolute atomic E-state index is 3.46.